The normalized spacial score (nSPS) is 31.6. The van der Waals surface area contributed by atoms with Gasteiger partial charge in [-0.3, -0.25) is 4.90 Å². The summed E-state index contributed by atoms with van der Waals surface area (Å²) in [6.45, 7) is 5.08. The average Bonchev–Trinajstić information content (AvgIpc) is 2.75. The maximum absolute atomic E-state index is 11.9. The molecule has 5 nitrogen and oxygen atoms in total. The van der Waals surface area contributed by atoms with Crippen LogP contribution in [-0.2, 0) is 14.2 Å². The highest BCUT2D eigenvalue weighted by molar-refractivity contribution is 5.68. The van der Waals surface area contributed by atoms with Crippen LogP contribution in [0.5, 0.6) is 0 Å². The van der Waals surface area contributed by atoms with E-state index >= 15 is 0 Å². The number of likely N-dealkylation sites (tertiary alicyclic amines) is 1. The lowest BCUT2D eigenvalue weighted by molar-refractivity contribution is -0.0730. The van der Waals surface area contributed by atoms with Crippen molar-refractivity contribution in [2.24, 2.45) is 0 Å². The number of carbonyl (C=O) groups is 1. The molecule has 0 N–H and O–H groups in total. The quantitative estimate of drug-likeness (QED) is 0.723. The molecule has 1 amide bonds. The smallest absolute Gasteiger partial charge is 0.412 e. The summed E-state index contributed by atoms with van der Waals surface area (Å²) in [6, 6.07) is 0. The van der Waals surface area contributed by atoms with Gasteiger partial charge in [0.15, 0.2) is 0 Å². The van der Waals surface area contributed by atoms with E-state index in [0.717, 1.165) is 32.3 Å². The van der Waals surface area contributed by atoms with Crippen LogP contribution >= 0.6 is 0 Å². The van der Waals surface area contributed by atoms with Gasteiger partial charge in [0.2, 0.25) is 0 Å². The molecule has 0 bridgehead atoms. The second kappa shape index (κ2) is 5.71. The van der Waals surface area contributed by atoms with Crippen LogP contribution in [-0.4, -0.2) is 49.7 Å². The second-order valence-corrected chi connectivity index (χ2v) is 4.88. The van der Waals surface area contributed by atoms with Gasteiger partial charge in [0.25, 0.3) is 0 Å². The Labute approximate surface area is 108 Å². The predicted molar refractivity (Wildman–Crippen MR) is 66.2 cm³/mol. The third kappa shape index (κ3) is 2.67. The molecule has 2 rings (SSSR count). The van der Waals surface area contributed by atoms with Crippen molar-refractivity contribution in [1.82, 2.24) is 4.90 Å². The van der Waals surface area contributed by atoms with Gasteiger partial charge in [0.05, 0.1) is 12.1 Å². The molecule has 2 heterocycles. The van der Waals surface area contributed by atoms with Gasteiger partial charge in [0, 0.05) is 20.1 Å². The third-order valence-electron chi connectivity index (χ3n) is 3.62. The molecular formula is C13H21NO4. The summed E-state index contributed by atoms with van der Waals surface area (Å²) in [5.74, 6) is 0. The van der Waals surface area contributed by atoms with Crippen molar-refractivity contribution >= 4 is 6.09 Å². The number of rotatable bonds is 3. The molecule has 2 aliphatic rings. The Kier molecular flexibility index (Phi) is 4.24. The summed E-state index contributed by atoms with van der Waals surface area (Å²) in [6.07, 6.45) is 4.91. The van der Waals surface area contributed by atoms with Crippen molar-refractivity contribution in [3.8, 4) is 0 Å². The van der Waals surface area contributed by atoms with E-state index in [4.69, 9.17) is 14.2 Å². The van der Waals surface area contributed by atoms with E-state index < -0.39 is 0 Å². The molecule has 2 saturated heterocycles. The Morgan fingerprint density at radius 1 is 1.61 bits per heavy atom. The topological polar surface area (TPSA) is 48.0 Å². The van der Waals surface area contributed by atoms with Crippen LogP contribution in [0.25, 0.3) is 0 Å². The van der Waals surface area contributed by atoms with Gasteiger partial charge in [-0.15, -0.1) is 0 Å². The molecule has 18 heavy (non-hydrogen) atoms. The number of amides is 1. The largest absolute Gasteiger partial charge is 0.445 e. The van der Waals surface area contributed by atoms with Crippen molar-refractivity contribution in [2.45, 2.75) is 37.5 Å². The minimum atomic E-state index is -0.354. The van der Waals surface area contributed by atoms with Gasteiger partial charge in [-0.2, -0.15) is 0 Å². The molecule has 0 radical (unpaired) electrons. The Morgan fingerprint density at radius 2 is 2.44 bits per heavy atom. The molecule has 0 aromatic heterocycles. The highest BCUT2D eigenvalue weighted by Crippen LogP contribution is 2.37. The zero-order valence-corrected chi connectivity index (χ0v) is 10.9. The standard InChI is InChI=1S/C13H21NO4/c1-3-7-17-12(15)14-10-13(9-11(14)16-2)6-4-5-8-18-13/h3,11H,1,4-10H2,2H3. The fourth-order valence-corrected chi connectivity index (χ4v) is 2.71. The van der Waals surface area contributed by atoms with Crippen molar-refractivity contribution in [3.05, 3.63) is 12.7 Å². The molecule has 5 heteroatoms. The van der Waals surface area contributed by atoms with Gasteiger partial charge >= 0.3 is 6.09 Å². The number of ether oxygens (including phenoxy) is 3. The van der Waals surface area contributed by atoms with Gasteiger partial charge in [-0.05, 0) is 19.3 Å². The summed E-state index contributed by atoms with van der Waals surface area (Å²) >= 11 is 0. The predicted octanol–water partition coefficient (Wildman–Crippen LogP) is 1.93. The third-order valence-corrected chi connectivity index (χ3v) is 3.62. The van der Waals surface area contributed by atoms with Gasteiger partial charge in [-0.1, -0.05) is 12.7 Å². The first-order valence-corrected chi connectivity index (χ1v) is 6.42. The first-order valence-electron chi connectivity index (χ1n) is 6.42. The van der Waals surface area contributed by atoms with E-state index in [-0.39, 0.29) is 24.5 Å². The van der Waals surface area contributed by atoms with Crippen LogP contribution in [0.1, 0.15) is 25.7 Å². The second-order valence-electron chi connectivity index (χ2n) is 4.88. The lowest BCUT2D eigenvalue weighted by atomic mass is 9.93. The van der Waals surface area contributed by atoms with Gasteiger partial charge < -0.3 is 14.2 Å². The minimum absolute atomic E-state index is 0.222. The fraction of sp³-hybridized carbons (Fsp3) is 0.769. The highest BCUT2D eigenvalue weighted by atomic mass is 16.6. The molecular weight excluding hydrogens is 234 g/mol. The Morgan fingerprint density at radius 3 is 3.06 bits per heavy atom. The summed E-state index contributed by atoms with van der Waals surface area (Å²) in [7, 11) is 1.61. The number of nitrogens with zero attached hydrogens (tertiary/aromatic N) is 1. The van der Waals surface area contributed by atoms with E-state index in [1.807, 2.05) is 0 Å². The average molecular weight is 255 g/mol. The van der Waals surface area contributed by atoms with Crippen molar-refractivity contribution in [2.75, 3.05) is 26.9 Å². The highest BCUT2D eigenvalue weighted by Gasteiger charge is 2.48. The molecule has 1 spiro atoms. The molecule has 2 aliphatic heterocycles. The number of carbonyl (C=O) groups excluding carboxylic acids is 1. The van der Waals surface area contributed by atoms with E-state index in [2.05, 4.69) is 6.58 Å². The lowest BCUT2D eigenvalue weighted by Gasteiger charge is -2.32. The lowest BCUT2D eigenvalue weighted by Crippen LogP contribution is -2.41. The summed E-state index contributed by atoms with van der Waals surface area (Å²) in [4.78, 5) is 13.5. The van der Waals surface area contributed by atoms with E-state index in [1.54, 1.807) is 18.1 Å². The molecule has 2 unspecified atom stereocenters. The van der Waals surface area contributed by atoms with Crippen LogP contribution in [0.2, 0.25) is 0 Å². The van der Waals surface area contributed by atoms with Gasteiger partial charge in [0.1, 0.15) is 12.8 Å². The zero-order valence-electron chi connectivity index (χ0n) is 10.9. The zero-order chi connectivity index (χ0) is 13.0. The SMILES string of the molecule is C=CCOC(=O)N1CC2(CCCCO2)CC1OC. The molecule has 102 valence electrons. The molecule has 0 aromatic carbocycles. The molecule has 0 aromatic rings. The van der Waals surface area contributed by atoms with Crippen LogP contribution in [0, 0.1) is 0 Å². The maximum Gasteiger partial charge on any atom is 0.412 e. The van der Waals surface area contributed by atoms with Crippen molar-refractivity contribution < 1.29 is 19.0 Å². The van der Waals surface area contributed by atoms with E-state index in [1.165, 1.54) is 0 Å². The molecule has 2 atom stereocenters. The first-order chi connectivity index (χ1) is 8.71. The fourth-order valence-electron chi connectivity index (χ4n) is 2.71. The van der Waals surface area contributed by atoms with Crippen LogP contribution in [0.15, 0.2) is 12.7 Å². The maximum atomic E-state index is 11.9. The molecule has 2 fully saturated rings. The summed E-state index contributed by atoms with van der Waals surface area (Å²) in [5, 5.41) is 0. The number of hydrogen-bond donors (Lipinski definition) is 0. The number of methoxy groups -OCH3 is 1. The monoisotopic (exact) mass is 255 g/mol. The molecule has 0 aliphatic carbocycles. The Hall–Kier alpha value is -1.07. The van der Waals surface area contributed by atoms with Crippen LogP contribution < -0.4 is 0 Å². The van der Waals surface area contributed by atoms with Crippen LogP contribution in [0.3, 0.4) is 0 Å². The molecule has 0 saturated carbocycles. The summed E-state index contributed by atoms with van der Waals surface area (Å²) in [5.41, 5.74) is -0.230. The first kappa shape index (κ1) is 13.4. The Balaban J connectivity index is 2.01. The van der Waals surface area contributed by atoms with Crippen molar-refractivity contribution in [3.63, 3.8) is 0 Å². The number of hydrogen-bond acceptors (Lipinski definition) is 4. The van der Waals surface area contributed by atoms with E-state index in [0.29, 0.717) is 6.54 Å². The van der Waals surface area contributed by atoms with Gasteiger partial charge in [-0.25, -0.2) is 4.79 Å². The minimum Gasteiger partial charge on any atom is -0.445 e. The Bertz CT molecular complexity index is 312. The summed E-state index contributed by atoms with van der Waals surface area (Å²) < 4.78 is 16.3. The van der Waals surface area contributed by atoms with E-state index in [9.17, 15) is 4.79 Å². The van der Waals surface area contributed by atoms with Crippen LogP contribution in [0.4, 0.5) is 4.79 Å². The van der Waals surface area contributed by atoms with Crippen molar-refractivity contribution in [1.29, 1.82) is 0 Å².